The molecular weight excluding hydrogens is 334 g/mol. The molecule has 7 heteroatoms. The highest BCUT2D eigenvalue weighted by Gasteiger charge is 2.17. The molecule has 2 heterocycles. The number of ether oxygens (including phenoxy) is 2. The molecule has 0 spiro atoms. The van der Waals surface area contributed by atoms with Gasteiger partial charge in [-0.05, 0) is 23.8 Å². The maximum Gasteiger partial charge on any atom is 0.275 e. The Bertz CT molecular complexity index is 864. The minimum atomic E-state index is -0.231. The zero-order valence-corrected chi connectivity index (χ0v) is 14.6. The van der Waals surface area contributed by atoms with Crippen LogP contribution in [0.15, 0.2) is 59.5 Å². The number of carbonyl (C=O) groups excluding carboxylic acids is 1. The number of nitrogens with zero attached hydrogens (tertiary/aromatic N) is 3. The average molecular weight is 353 g/mol. The van der Waals surface area contributed by atoms with Crippen molar-refractivity contribution in [3.8, 4) is 11.5 Å². The maximum atomic E-state index is 12.4. The van der Waals surface area contributed by atoms with E-state index < -0.39 is 0 Å². The molecule has 26 heavy (non-hydrogen) atoms. The van der Waals surface area contributed by atoms with Crippen molar-refractivity contribution in [2.24, 2.45) is 0 Å². The van der Waals surface area contributed by atoms with Gasteiger partial charge in [0, 0.05) is 32.1 Å². The molecule has 0 unspecified atom stereocenters. The van der Waals surface area contributed by atoms with E-state index in [0.717, 1.165) is 5.56 Å². The molecule has 7 nitrogen and oxygen atoms in total. The topological polar surface area (TPSA) is 77.7 Å². The third-order valence-electron chi connectivity index (χ3n) is 3.66. The lowest BCUT2D eigenvalue weighted by atomic mass is 10.2. The van der Waals surface area contributed by atoms with Crippen LogP contribution in [0.2, 0.25) is 0 Å². The van der Waals surface area contributed by atoms with E-state index in [4.69, 9.17) is 13.9 Å². The number of rotatable bonds is 7. The van der Waals surface area contributed by atoms with Gasteiger partial charge in [0.1, 0.15) is 17.8 Å². The Balaban J connectivity index is 1.59. The summed E-state index contributed by atoms with van der Waals surface area (Å²) < 4.78 is 16.1. The molecule has 0 aliphatic carbocycles. The van der Waals surface area contributed by atoms with Crippen molar-refractivity contribution in [3.05, 3.63) is 72.2 Å². The van der Waals surface area contributed by atoms with Crippen LogP contribution in [0.25, 0.3) is 0 Å². The molecule has 0 aliphatic heterocycles. The van der Waals surface area contributed by atoms with Crippen LogP contribution in [-0.4, -0.2) is 34.9 Å². The molecule has 2 aromatic heterocycles. The summed E-state index contributed by atoms with van der Waals surface area (Å²) in [7, 11) is 3.30. The van der Waals surface area contributed by atoms with Crippen molar-refractivity contribution in [2.45, 2.75) is 13.2 Å². The number of hydrogen-bond donors (Lipinski definition) is 0. The molecule has 0 atom stereocenters. The number of oxazole rings is 1. The largest absolute Gasteiger partial charge is 0.497 e. The number of methoxy groups -OCH3 is 1. The fraction of sp³-hybridized carbons (Fsp3) is 0.211. The zero-order valence-electron chi connectivity index (χ0n) is 14.6. The average Bonchev–Trinajstić information content (AvgIpc) is 3.15. The summed E-state index contributed by atoms with van der Waals surface area (Å²) in [6.07, 6.45) is 4.75. The van der Waals surface area contributed by atoms with Crippen LogP contribution in [-0.2, 0) is 13.2 Å². The molecule has 0 fully saturated rings. The summed E-state index contributed by atoms with van der Waals surface area (Å²) in [5, 5.41) is 0. The summed E-state index contributed by atoms with van der Waals surface area (Å²) in [6, 6.07) is 11.0. The van der Waals surface area contributed by atoms with Gasteiger partial charge in [0.05, 0.1) is 7.11 Å². The smallest absolute Gasteiger partial charge is 0.275 e. The molecular formula is C19H19N3O4. The maximum absolute atomic E-state index is 12.4. The van der Waals surface area contributed by atoms with Gasteiger partial charge in [-0.1, -0.05) is 12.1 Å². The number of benzene rings is 1. The van der Waals surface area contributed by atoms with Crippen molar-refractivity contribution in [2.75, 3.05) is 14.2 Å². The van der Waals surface area contributed by atoms with Crippen molar-refractivity contribution >= 4 is 5.91 Å². The fourth-order valence-corrected chi connectivity index (χ4v) is 2.34. The standard InChI is InChI=1S/C19H19N3O4/c1-22(11-14-5-4-8-20-10-14)19(23)17-12-26-18(21-17)13-25-16-7-3-6-15(9-16)24-2/h3-10,12H,11,13H2,1-2H3. The molecule has 3 rings (SSSR count). The molecule has 3 aromatic rings. The van der Waals surface area contributed by atoms with E-state index in [-0.39, 0.29) is 18.2 Å². The summed E-state index contributed by atoms with van der Waals surface area (Å²) in [5.74, 6) is 1.42. The van der Waals surface area contributed by atoms with Gasteiger partial charge in [0.25, 0.3) is 5.91 Å². The first-order valence-electron chi connectivity index (χ1n) is 8.01. The van der Waals surface area contributed by atoms with Gasteiger partial charge in [-0.25, -0.2) is 4.98 Å². The summed E-state index contributed by atoms with van der Waals surface area (Å²) in [4.78, 5) is 22.2. The highest BCUT2D eigenvalue weighted by Crippen LogP contribution is 2.20. The number of amides is 1. The third-order valence-corrected chi connectivity index (χ3v) is 3.66. The van der Waals surface area contributed by atoms with Gasteiger partial charge < -0.3 is 18.8 Å². The lowest BCUT2D eigenvalue weighted by Gasteiger charge is -2.15. The minimum Gasteiger partial charge on any atom is -0.497 e. The Labute approximate surface area is 151 Å². The lowest BCUT2D eigenvalue weighted by molar-refractivity contribution is 0.0779. The third kappa shape index (κ3) is 4.38. The Hall–Kier alpha value is -3.35. The first-order valence-corrected chi connectivity index (χ1v) is 8.01. The predicted molar refractivity (Wildman–Crippen MR) is 93.9 cm³/mol. The van der Waals surface area contributed by atoms with Crippen molar-refractivity contribution in [1.82, 2.24) is 14.9 Å². The van der Waals surface area contributed by atoms with E-state index in [0.29, 0.717) is 23.9 Å². The van der Waals surface area contributed by atoms with Crippen molar-refractivity contribution in [3.63, 3.8) is 0 Å². The predicted octanol–water partition coefficient (Wildman–Crippen LogP) is 2.93. The van der Waals surface area contributed by atoms with Gasteiger partial charge in [-0.15, -0.1) is 0 Å². The highest BCUT2D eigenvalue weighted by atomic mass is 16.5. The zero-order chi connectivity index (χ0) is 18.4. The number of hydrogen-bond acceptors (Lipinski definition) is 6. The van der Waals surface area contributed by atoms with E-state index in [1.165, 1.54) is 6.26 Å². The monoisotopic (exact) mass is 353 g/mol. The van der Waals surface area contributed by atoms with Gasteiger partial charge in [0.15, 0.2) is 12.3 Å². The van der Waals surface area contributed by atoms with Crippen LogP contribution in [0.5, 0.6) is 11.5 Å². The van der Waals surface area contributed by atoms with Gasteiger partial charge in [-0.3, -0.25) is 9.78 Å². The number of carbonyl (C=O) groups is 1. The van der Waals surface area contributed by atoms with Gasteiger partial charge in [-0.2, -0.15) is 0 Å². The van der Waals surface area contributed by atoms with Crippen LogP contribution in [0, 0.1) is 0 Å². The molecule has 1 aromatic carbocycles. The normalized spacial score (nSPS) is 10.4. The van der Waals surface area contributed by atoms with Crippen LogP contribution in [0.1, 0.15) is 21.9 Å². The summed E-state index contributed by atoms with van der Waals surface area (Å²) in [5.41, 5.74) is 1.18. The first kappa shape index (κ1) is 17.5. The van der Waals surface area contributed by atoms with E-state index in [1.807, 2.05) is 24.3 Å². The molecule has 1 amide bonds. The molecule has 0 saturated carbocycles. The Morgan fingerprint density at radius 2 is 2.08 bits per heavy atom. The van der Waals surface area contributed by atoms with E-state index in [1.54, 1.807) is 43.6 Å². The van der Waals surface area contributed by atoms with Crippen LogP contribution in [0.4, 0.5) is 0 Å². The summed E-state index contributed by atoms with van der Waals surface area (Å²) >= 11 is 0. The second-order valence-corrected chi connectivity index (χ2v) is 5.62. The second kappa shape index (κ2) is 8.15. The van der Waals surface area contributed by atoms with Crippen molar-refractivity contribution < 1.29 is 18.7 Å². The quantitative estimate of drug-likeness (QED) is 0.650. The molecule has 0 N–H and O–H groups in total. The Morgan fingerprint density at radius 1 is 1.23 bits per heavy atom. The minimum absolute atomic E-state index is 0.118. The van der Waals surface area contributed by atoms with Gasteiger partial charge >= 0.3 is 0 Å². The molecule has 0 radical (unpaired) electrons. The van der Waals surface area contributed by atoms with Crippen molar-refractivity contribution in [1.29, 1.82) is 0 Å². The fourth-order valence-electron chi connectivity index (χ4n) is 2.34. The second-order valence-electron chi connectivity index (χ2n) is 5.62. The van der Waals surface area contributed by atoms with E-state index in [2.05, 4.69) is 9.97 Å². The van der Waals surface area contributed by atoms with Crippen LogP contribution >= 0.6 is 0 Å². The number of pyridine rings is 1. The van der Waals surface area contributed by atoms with Crippen LogP contribution < -0.4 is 9.47 Å². The molecule has 0 saturated heterocycles. The molecule has 134 valence electrons. The summed E-state index contributed by atoms with van der Waals surface area (Å²) in [6.45, 7) is 0.557. The van der Waals surface area contributed by atoms with E-state index in [9.17, 15) is 4.79 Å². The van der Waals surface area contributed by atoms with Gasteiger partial charge in [0.2, 0.25) is 5.89 Å². The first-order chi connectivity index (χ1) is 12.7. The Kier molecular flexibility index (Phi) is 5.48. The molecule has 0 bridgehead atoms. The number of aromatic nitrogens is 2. The SMILES string of the molecule is COc1cccc(OCc2nc(C(=O)N(C)Cc3cccnc3)co2)c1. The van der Waals surface area contributed by atoms with E-state index >= 15 is 0 Å². The highest BCUT2D eigenvalue weighted by molar-refractivity contribution is 5.91. The van der Waals surface area contributed by atoms with Crippen LogP contribution in [0.3, 0.4) is 0 Å². The molecule has 0 aliphatic rings. The Morgan fingerprint density at radius 3 is 2.85 bits per heavy atom. The lowest BCUT2D eigenvalue weighted by Crippen LogP contribution is -2.26.